The van der Waals surface area contributed by atoms with E-state index in [1.165, 1.54) is 39.2 Å². The number of unbranched alkanes of at least 4 members (excludes halogenated alkanes) is 2. The molecule has 0 heterocycles. The third-order valence-corrected chi connectivity index (χ3v) is 6.11. The lowest BCUT2D eigenvalue weighted by atomic mass is 9.51. The zero-order chi connectivity index (χ0) is 15.5. The molecule has 124 valence electrons. The Bertz CT molecular complexity index is 393. The van der Waals surface area contributed by atoms with Gasteiger partial charge in [-0.25, -0.2) is 0 Å². The van der Waals surface area contributed by atoms with Crippen LogP contribution in [-0.2, 0) is 14.3 Å². The van der Waals surface area contributed by atoms with Gasteiger partial charge in [-0.2, -0.15) is 0 Å². The molecular formula is C18H29NO3. The van der Waals surface area contributed by atoms with Crippen molar-refractivity contribution in [3.63, 3.8) is 0 Å². The Kier molecular flexibility index (Phi) is 5.04. The van der Waals surface area contributed by atoms with Crippen LogP contribution in [0.25, 0.3) is 0 Å². The molecular weight excluding hydrogens is 278 g/mol. The van der Waals surface area contributed by atoms with Gasteiger partial charge in [-0.05, 0) is 68.6 Å². The zero-order valence-electron chi connectivity index (χ0n) is 13.7. The fourth-order valence-corrected chi connectivity index (χ4v) is 5.36. The maximum Gasteiger partial charge on any atom is 0.305 e. The predicted molar refractivity (Wildman–Crippen MR) is 84.0 cm³/mol. The van der Waals surface area contributed by atoms with Crippen molar-refractivity contribution in [2.24, 2.45) is 29.6 Å². The topological polar surface area (TPSA) is 55.4 Å². The first kappa shape index (κ1) is 15.8. The number of methoxy groups -OCH3 is 1. The van der Waals surface area contributed by atoms with Crippen LogP contribution in [0.1, 0.15) is 57.8 Å². The van der Waals surface area contributed by atoms with Crippen LogP contribution in [0.15, 0.2) is 0 Å². The largest absolute Gasteiger partial charge is 0.469 e. The van der Waals surface area contributed by atoms with Crippen LogP contribution in [0.2, 0.25) is 0 Å². The minimum absolute atomic E-state index is 0.141. The molecule has 0 radical (unpaired) electrons. The fourth-order valence-electron chi connectivity index (χ4n) is 5.36. The molecule has 0 atom stereocenters. The van der Waals surface area contributed by atoms with Gasteiger partial charge in [0.2, 0.25) is 5.91 Å². The standard InChI is InChI=1S/C18H29NO3/c1-22-16(20)5-3-2-4-6-19-18(21)17-14-8-12-7-13(10-14)11-15(17)9-12/h12-15,17H,2-11H2,1H3,(H,19,21). The molecule has 4 aliphatic rings. The van der Waals surface area contributed by atoms with Gasteiger partial charge in [0.15, 0.2) is 0 Å². The summed E-state index contributed by atoms with van der Waals surface area (Å²) in [6.07, 6.45) is 9.87. The van der Waals surface area contributed by atoms with E-state index in [-0.39, 0.29) is 5.97 Å². The van der Waals surface area contributed by atoms with Crippen LogP contribution < -0.4 is 5.32 Å². The molecule has 1 N–H and O–H groups in total. The summed E-state index contributed by atoms with van der Waals surface area (Å²) in [5, 5.41) is 3.16. The monoisotopic (exact) mass is 307 g/mol. The minimum Gasteiger partial charge on any atom is -0.469 e. The number of carbonyl (C=O) groups is 2. The number of nitrogens with one attached hydrogen (secondary N) is 1. The van der Waals surface area contributed by atoms with Crippen LogP contribution in [0.5, 0.6) is 0 Å². The Balaban J connectivity index is 1.35. The maximum atomic E-state index is 12.5. The highest BCUT2D eigenvalue weighted by molar-refractivity contribution is 5.79. The molecule has 22 heavy (non-hydrogen) atoms. The number of ether oxygens (including phenoxy) is 1. The Morgan fingerprint density at radius 1 is 0.955 bits per heavy atom. The van der Waals surface area contributed by atoms with Gasteiger partial charge in [0.1, 0.15) is 0 Å². The molecule has 4 aliphatic carbocycles. The van der Waals surface area contributed by atoms with Crippen molar-refractivity contribution in [1.29, 1.82) is 0 Å². The van der Waals surface area contributed by atoms with Gasteiger partial charge in [0.25, 0.3) is 0 Å². The molecule has 4 bridgehead atoms. The van der Waals surface area contributed by atoms with E-state index in [0.717, 1.165) is 37.6 Å². The lowest BCUT2D eigenvalue weighted by Gasteiger charge is -2.53. The number of rotatable bonds is 7. The van der Waals surface area contributed by atoms with Crippen molar-refractivity contribution in [1.82, 2.24) is 5.32 Å². The van der Waals surface area contributed by atoms with Crippen molar-refractivity contribution in [2.75, 3.05) is 13.7 Å². The number of hydrogen-bond donors (Lipinski definition) is 1. The molecule has 0 spiro atoms. The van der Waals surface area contributed by atoms with Gasteiger partial charge in [-0.15, -0.1) is 0 Å². The number of esters is 1. The van der Waals surface area contributed by atoms with Crippen LogP contribution in [0.3, 0.4) is 0 Å². The molecule has 0 aromatic heterocycles. The normalized spacial score (nSPS) is 35.4. The van der Waals surface area contributed by atoms with Crippen molar-refractivity contribution in [2.45, 2.75) is 57.8 Å². The van der Waals surface area contributed by atoms with Crippen molar-refractivity contribution in [3.05, 3.63) is 0 Å². The summed E-state index contributed by atoms with van der Waals surface area (Å²) in [7, 11) is 1.42. The van der Waals surface area contributed by atoms with Crippen LogP contribution in [0, 0.1) is 29.6 Å². The molecule has 0 saturated heterocycles. The predicted octanol–water partition coefficient (Wildman–Crippen LogP) is 2.91. The summed E-state index contributed by atoms with van der Waals surface area (Å²) in [6, 6.07) is 0. The Morgan fingerprint density at radius 3 is 2.18 bits per heavy atom. The highest BCUT2D eigenvalue weighted by atomic mass is 16.5. The minimum atomic E-state index is -0.141. The second-order valence-electron chi connectivity index (χ2n) is 7.63. The second kappa shape index (κ2) is 7.01. The maximum absolute atomic E-state index is 12.5. The van der Waals surface area contributed by atoms with E-state index in [1.807, 2.05) is 0 Å². The van der Waals surface area contributed by atoms with Crippen LogP contribution in [0.4, 0.5) is 0 Å². The summed E-state index contributed by atoms with van der Waals surface area (Å²) in [5.74, 6) is 3.63. The summed E-state index contributed by atoms with van der Waals surface area (Å²) in [4.78, 5) is 23.5. The highest BCUT2D eigenvalue weighted by Crippen LogP contribution is 2.56. The Labute approximate surface area is 133 Å². The molecule has 4 heteroatoms. The first-order chi connectivity index (χ1) is 10.7. The smallest absolute Gasteiger partial charge is 0.305 e. The average Bonchev–Trinajstić information content (AvgIpc) is 2.49. The van der Waals surface area contributed by atoms with Crippen molar-refractivity contribution < 1.29 is 14.3 Å². The van der Waals surface area contributed by atoms with E-state index in [1.54, 1.807) is 0 Å². The van der Waals surface area contributed by atoms with Crippen LogP contribution >= 0.6 is 0 Å². The Hall–Kier alpha value is -1.06. The summed E-state index contributed by atoms with van der Waals surface area (Å²) in [6.45, 7) is 0.753. The van der Waals surface area contributed by atoms with E-state index in [9.17, 15) is 9.59 Å². The van der Waals surface area contributed by atoms with Gasteiger partial charge < -0.3 is 10.1 Å². The average molecular weight is 307 g/mol. The van der Waals surface area contributed by atoms with E-state index >= 15 is 0 Å². The van der Waals surface area contributed by atoms with Gasteiger partial charge in [-0.1, -0.05) is 6.42 Å². The summed E-state index contributed by atoms with van der Waals surface area (Å²) >= 11 is 0. The number of carbonyl (C=O) groups excluding carboxylic acids is 2. The molecule has 4 rings (SSSR count). The van der Waals surface area contributed by atoms with Crippen LogP contribution in [-0.4, -0.2) is 25.5 Å². The number of hydrogen-bond acceptors (Lipinski definition) is 3. The first-order valence-corrected chi connectivity index (χ1v) is 9.02. The Morgan fingerprint density at radius 2 is 1.59 bits per heavy atom. The third kappa shape index (κ3) is 3.47. The van der Waals surface area contributed by atoms with Gasteiger partial charge >= 0.3 is 5.97 Å². The molecule has 0 unspecified atom stereocenters. The van der Waals surface area contributed by atoms with Crippen molar-refractivity contribution >= 4 is 11.9 Å². The second-order valence-corrected chi connectivity index (χ2v) is 7.63. The zero-order valence-corrected chi connectivity index (χ0v) is 13.7. The first-order valence-electron chi connectivity index (χ1n) is 9.02. The molecule has 4 saturated carbocycles. The fraction of sp³-hybridized carbons (Fsp3) is 0.889. The lowest BCUT2D eigenvalue weighted by Crippen LogP contribution is -2.51. The van der Waals surface area contributed by atoms with Crippen molar-refractivity contribution in [3.8, 4) is 0 Å². The molecule has 0 aromatic rings. The quantitative estimate of drug-likeness (QED) is 0.581. The molecule has 1 amide bonds. The number of amides is 1. The summed E-state index contributed by atoms with van der Waals surface area (Å²) < 4.78 is 4.62. The summed E-state index contributed by atoms with van der Waals surface area (Å²) in [5.41, 5.74) is 0. The SMILES string of the molecule is COC(=O)CCCCCNC(=O)C1C2CC3CC(C2)CC1C3. The molecule has 4 nitrogen and oxygen atoms in total. The lowest BCUT2D eigenvalue weighted by molar-refractivity contribution is -0.141. The van der Waals surface area contributed by atoms with Gasteiger partial charge in [0, 0.05) is 18.9 Å². The molecule has 0 aromatic carbocycles. The van der Waals surface area contributed by atoms with E-state index in [0.29, 0.717) is 30.1 Å². The van der Waals surface area contributed by atoms with Gasteiger partial charge in [-0.3, -0.25) is 9.59 Å². The molecule has 4 fully saturated rings. The van der Waals surface area contributed by atoms with E-state index in [4.69, 9.17) is 0 Å². The van der Waals surface area contributed by atoms with Gasteiger partial charge in [0.05, 0.1) is 7.11 Å². The van der Waals surface area contributed by atoms with E-state index < -0.39 is 0 Å². The molecule has 0 aliphatic heterocycles. The highest BCUT2D eigenvalue weighted by Gasteiger charge is 2.50. The van der Waals surface area contributed by atoms with E-state index in [2.05, 4.69) is 10.1 Å². The third-order valence-electron chi connectivity index (χ3n) is 6.11.